The van der Waals surface area contributed by atoms with Crippen molar-refractivity contribution in [3.63, 3.8) is 0 Å². The second-order valence-electron chi connectivity index (χ2n) is 6.82. The van der Waals surface area contributed by atoms with Crippen molar-refractivity contribution in [2.45, 2.75) is 17.9 Å². The summed E-state index contributed by atoms with van der Waals surface area (Å²) in [6, 6.07) is 6.42. The van der Waals surface area contributed by atoms with Crippen LogP contribution in [0.4, 0.5) is 0 Å². The van der Waals surface area contributed by atoms with Crippen molar-refractivity contribution in [3.05, 3.63) is 30.4 Å². The number of piperazine rings is 1. The lowest BCUT2D eigenvalue weighted by Crippen LogP contribution is -2.51. The molecule has 3 heterocycles. The van der Waals surface area contributed by atoms with E-state index in [9.17, 15) is 13.2 Å². The number of hydrogen-bond donors (Lipinski definition) is 0. The number of carbonyl (C=O) groups excluding carboxylic acids is 1. The summed E-state index contributed by atoms with van der Waals surface area (Å²) in [4.78, 5) is 17.9. The Morgan fingerprint density at radius 3 is 2.57 bits per heavy atom. The van der Waals surface area contributed by atoms with Crippen molar-refractivity contribution < 1.29 is 22.7 Å². The van der Waals surface area contributed by atoms with Crippen LogP contribution in [-0.4, -0.2) is 77.7 Å². The molecule has 0 unspecified atom stereocenters. The van der Waals surface area contributed by atoms with Gasteiger partial charge in [0.05, 0.1) is 18.1 Å². The number of amides is 1. The minimum absolute atomic E-state index is 0.00570. The summed E-state index contributed by atoms with van der Waals surface area (Å²) in [6.45, 7) is 1.85. The molecular formula is C18H20N6O5S. The smallest absolute Gasteiger partial charge is 0.252 e. The number of sulfonamides is 1. The summed E-state index contributed by atoms with van der Waals surface area (Å²) in [5.74, 6) is 0.743. The number of fused-ring (bicyclic) bond motifs is 1. The van der Waals surface area contributed by atoms with Gasteiger partial charge in [-0.15, -0.1) is 5.10 Å². The van der Waals surface area contributed by atoms with E-state index >= 15 is 0 Å². The largest absolute Gasteiger partial charge is 0.490 e. The molecule has 1 aromatic heterocycles. The topological polar surface area (TPSA) is 131 Å². The molecule has 0 radical (unpaired) electrons. The second-order valence-corrected chi connectivity index (χ2v) is 8.76. The van der Waals surface area contributed by atoms with Crippen LogP contribution >= 0.6 is 0 Å². The Bertz CT molecular complexity index is 1080. The molecule has 2 aliphatic heterocycles. The maximum atomic E-state index is 13.0. The van der Waals surface area contributed by atoms with Crippen molar-refractivity contribution in [2.24, 2.45) is 0 Å². The number of rotatable bonds is 4. The number of nitrogens with zero attached hydrogens (tertiary/aromatic N) is 6. The Morgan fingerprint density at radius 2 is 1.87 bits per heavy atom. The highest BCUT2D eigenvalue weighted by molar-refractivity contribution is 7.89. The van der Waals surface area contributed by atoms with Crippen molar-refractivity contribution >= 4 is 15.9 Å². The molecule has 4 rings (SSSR count). The molecule has 0 N–H and O–H groups in total. The molecule has 1 amide bonds. The molecule has 12 heteroatoms. The van der Waals surface area contributed by atoms with E-state index in [1.807, 2.05) is 0 Å². The van der Waals surface area contributed by atoms with Crippen molar-refractivity contribution in [1.29, 1.82) is 5.26 Å². The molecule has 11 nitrogen and oxygen atoms in total. The molecule has 2 aromatic rings. The lowest BCUT2D eigenvalue weighted by Gasteiger charge is -2.34. The van der Waals surface area contributed by atoms with Crippen molar-refractivity contribution in [3.8, 4) is 17.6 Å². The predicted molar refractivity (Wildman–Crippen MR) is 102 cm³/mol. The quantitative estimate of drug-likeness (QED) is 0.652. The molecule has 2 aliphatic rings. The zero-order chi connectivity index (χ0) is 21.1. The van der Waals surface area contributed by atoms with Gasteiger partial charge in [0, 0.05) is 38.7 Å². The number of nitriles is 1. The fraction of sp³-hybridized carbons (Fsp3) is 0.444. The summed E-state index contributed by atoms with van der Waals surface area (Å²) in [5, 5.41) is 12.6. The van der Waals surface area contributed by atoms with Gasteiger partial charge in [-0.25, -0.2) is 18.1 Å². The molecule has 1 fully saturated rings. The molecule has 30 heavy (non-hydrogen) atoms. The normalized spacial score (nSPS) is 17.2. The van der Waals surface area contributed by atoms with E-state index in [2.05, 4.69) is 10.1 Å². The molecule has 0 saturated carbocycles. The summed E-state index contributed by atoms with van der Waals surface area (Å²) in [5.41, 5.74) is 0. The molecule has 1 saturated heterocycles. The monoisotopic (exact) mass is 432 g/mol. The van der Waals surface area contributed by atoms with Crippen LogP contribution < -0.4 is 9.47 Å². The molecule has 1 aromatic carbocycles. The van der Waals surface area contributed by atoms with Crippen LogP contribution in [0.2, 0.25) is 0 Å². The zero-order valence-corrected chi connectivity index (χ0v) is 16.9. The second kappa shape index (κ2) is 8.29. The third kappa shape index (κ3) is 4.07. The minimum Gasteiger partial charge on any atom is -0.490 e. The number of hydrogen-bond acceptors (Lipinski definition) is 8. The van der Waals surface area contributed by atoms with Crippen molar-refractivity contribution in [1.82, 2.24) is 24.0 Å². The van der Waals surface area contributed by atoms with Gasteiger partial charge in [-0.05, 0) is 12.1 Å². The van der Waals surface area contributed by atoms with E-state index in [0.29, 0.717) is 24.7 Å². The first kappa shape index (κ1) is 20.1. The Morgan fingerprint density at radius 1 is 1.13 bits per heavy atom. The Hall–Kier alpha value is -3.17. The van der Waals surface area contributed by atoms with E-state index in [0.717, 1.165) is 6.42 Å². The van der Waals surface area contributed by atoms with Gasteiger partial charge < -0.3 is 14.4 Å². The lowest BCUT2D eigenvalue weighted by molar-refractivity contribution is -0.133. The van der Waals surface area contributed by atoms with E-state index in [1.54, 1.807) is 17.0 Å². The third-order valence-corrected chi connectivity index (χ3v) is 6.78. The highest BCUT2D eigenvalue weighted by Gasteiger charge is 2.31. The maximum absolute atomic E-state index is 13.0. The van der Waals surface area contributed by atoms with Crippen LogP contribution in [0.1, 0.15) is 12.2 Å². The lowest BCUT2D eigenvalue weighted by atomic mass is 10.3. The van der Waals surface area contributed by atoms with E-state index in [1.165, 1.54) is 27.4 Å². The molecule has 0 spiro atoms. The van der Waals surface area contributed by atoms with Gasteiger partial charge in [0.25, 0.3) is 5.82 Å². The first-order valence-corrected chi connectivity index (χ1v) is 10.9. The Labute approximate surface area is 173 Å². The summed E-state index contributed by atoms with van der Waals surface area (Å²) < 4.78 is 39.9. The standard InChI is InChI=1S/C18H20N6O5S/c19-11-17-20-13-23(21-17)12-18(25)22-4-6-24(7-5-22)30(26,27)14-2-3-15-16(10-14)29-9-1-8-28-15/h2-3,10,13H,1,4-9,12H2. The predicted octanol–water partition coefficient (Wildman–Crippen LogP) is -0.156. The maximum Gasteiger partial charge on any atom is 0.252 e. The molecule has 158 valence electrons. The van der Waals surface area contributed by atoms with Crippen LogP contribution in [0.5, 0.6) is 11.5 Å². The van der Waals surface area contributed by atoms with Gasteiger partial charge >= 0.3 is 0 Å². The fourth-order valence-corrected chi connectivity index (χ4v) is 4.73. The van der Waals surface area contributed by atoms with Crippen LogP contribution in [-0.2, 0) is 21.4 Å². The van der Waals surface area contributed by atoms with Crippen molar-refractivity contribution in [2.75, 3.05) is 39.4 Å². The average Bonchev–Trinajstić information content (AvgIpc) is 3.08. The summed E-state index contributed by atoms with van der Waals surface area (Å²) in [7, 11) is -3.72. The SMILES string of the molecule is N#Cc1ncn(CC(=O)N2CCN(S(=O)(=O)c3ccc4c(c3)OCCCO4)CC2)n1. The van der Waals surface area contributed by atoms with E-state index < -0.39 is 10.0 Å². The molecule has 0 bridgehead atoms. The third-order valence-electron chi connectivity index (χ3n) is 4.88. The van der Waals surface area contributed by atoms with E-state index in [4.69, 9.17) is 14.7 Å². The van der Waals surface area contributed by atoms with Gasteiger partial charge in [-0.3, -0.25) is 4.79 Å². The van der Waals surface area contributed by atoms with Crippen LogP contribution in [0.25, 0.3) is 0 Å². The average molecular weight is 432 g/mol. The minimum atomic E-state index is -3.72. The van der Waals surface area contributed by atoms with Crippen LogP contribution in [0, 0.1) is 11.3 Å². The number of aromatic nitrogens is 3. The highest BCUT2D eigenvalue weighted by Crippen LogP contribution is 2.33. The van der Waals surface area contributed by atoms with E-state index in [-0.39, 0.29) is 49.4 Å². The van der Waals surface area contributed by atoms with Crippen LogP contribution in [0.3, 0.4) is 0 Å². The molecular weight excluding hydrogens is 412 g/mol. The van der Waals surface area contributed by atoms with Gasteiger partial charge in [0.2, 0.25) is 15.9 Å². The summed E-state index contributed by atoms with van der Waals surface area (Å²) in [6.07, 6.45) is 2.06. The molecule has 0 aliphatic carbocycles. The fourth-order valence-electron chi connectivity index (χ4n) is 3.29. The first-order chi connectivity index (χ1) is 14.5. The number of ether oxygens (including phenoxy) is 2. The summed E-state index contributed by atoms with van der Waals surface area (Å²) >= 11 is 0. The first-order valence-electron chi connectivity index (χ1n) is 9.44. The highest BCUT2D eigenvalue weighted by atomic mass is 32.2. The van der Waals surface area contributed by atoms with Gasteiger partial charge in [0.1, 0.15) is 18.9 Å². The molecule has 0 atom stereocenters. The van der Waals surface area contributed by atoms with Crippen LogP contribution in [0.15, 0.2) is 29.4 Å². The Kier molecular flexibility index (Phi) is 5.56. The zero-order valence-electron chi connectivity index (χ0n) is 16.1. The Balaban J connectivity index is 1.40. The van der Waals surface area contributed by atoms with Gasteiger partial charge in [-0.2, -0.15) is 9.57 Å². The van der Waals surface area contributed by atoms with Gasteiger partial charge in [0.15, 0.2) is 11.5 Å². The van der Waals surface area contributed by atoms with Gasteiger partial charge in [-0.1, -0.05) is 0 Å². The number of benzene rings is 1. The number of carbonyl (C=O) groups is 1.